The highest BCUT2D eigenvalue weighted by Gasteiger charge is 2.54. The molecule has 3 heterocycles. The summed E-state index contributed by atoms with van der Waals surface area (Å²) >= 11 is 0.952. The van der Waals surface area contributed by atoms with Gasteiger partial charge in [-0.1, -0.05) is 48.7 Å². The molecule has 0 saturated carbocycles. The summed E-state index contributed by atoms with van der Waals surface area (Å²) in [6, 6.07) is 9.18. The number of nitrogens with zero attached hydrogens (tertiary/aromatic N) is 3. The molecule has 1 aromatic heterocycles. The van der Waals surface area contributed by atoms with Gasteiger partial charge in [-0.3, -0.25) is 18.4 Å². The van der Waals surface area contributed by atoms with Crippen molar-refractivity contribution in [2.75, 3.05) is 25.6 Å². The Labute approximate surface area is 247 Å². The van der Waals surface area contributed by atoms with Crippen LogP contribution in [0.4, 0.5) is 5.82 Å². The van der Waals surface area contributed by atoms with E-state index in [-0.39, 0.29) is 42.4 Å². The third kappa shape index (κ3) is 7.13. The molecule has 0 bridgehead atoms. The van der Waals surface area contributed by atoms with E-state index in [2.05, 4.69) is 27.0 Å². The SMILES string of the molecule is C=C1NC(N)=Nc2c1ncn2[C@@H]1O[C@H](CO[P@@](=O)(NCc2ccccc2)OCCSC(=O)C(C)(C)CO)[C@@H](O)[C@@]1(C)O. The Kier molecular flexibility index (Phi) is 9.97. The van der Waals surface area contributed by atoms with Crippen molar-refractivity contribution < 1.29 is 38.5 Å². The number of rotatable bonds is 13. The Bertz CT molecular complexity index is 1370. The van der Waals surface area contributed by atoms with Gasteiger partial charge in [-0.2, -0.15) is 4.99 Å². The van der Waals surface area contributed by atoms with Gasteiger partial charge in [-0.05, 0) is 26.3 Å². The van der Waals surface area contributed by atoms with Crippen LogP contribution in [-0.2, 0) is 29.7 Å². The summed E-state index contributed by atoms with van der Waals surface area (Å²) in [5, 5.41) is 37.0. The van der Waals surface area contributed by atoms with Gasteiger partial charge in [0.05, 0.1) is 37.3 Å². The van der Waals surface area contributed by atoms with E-state index in [1.165, 1.54) is 17.8 Å². The number of hydrogen-bond donors (Lipinski definition) is 6. The molecule has 7 N–H and O–H groups in total. The molecular formula is C26H37N6O8PS. The van der Waals surface area contributed by atoms with Crippen LogP contribution in [0.5, 0.6) is 0 Å². The van der Waals surface area contributed by atoms with Gasteiger partial charge in [0, 0.05) is 12.3 Å². The number of ether oxygens (including phenoxy) is 1. The minimum absolute atomic E-state index is 0.0784. The lowest BCUT2D eigenvalue weighted by molar-refractivity contribution is -0.119. The number of imidazole rings is 1. The highest BCUT2D eigenvalue weighted by molar-refractivity contribution is 8.13. The quantitative estimate of drug-likeness (QED) is 0.139. The summed E-state index contributed by atoms with van der Waals surface area (Å²) < 4.78 is 32.5. The maximum Gasteiger partial charge on any atom is 0.405 e. The van der Waals surface area contributed by atoms with Gasteiger partial charge < -0.3 is 31.1 Å². The molecule has 2 aliphatic rings. The fraction of sp³-hybridized carbons (Fsp3) is 0.500. The van der Waals surface area contributed by atoms with Gasteiger partial charge in [-0.15, -0.1) is 0 Å². The highest BCUT2D eigenvalue weighted by Crippen LogP contribution is 2.47. The summed E-state index contributed by atoms with van der Waals surface area (Å²) in [6.45, 7) is 7.83. The van der Waals surface area contributed by atoms with E-state index in [0.29, 0.717) is 11.4 Å². The van der Waals surface area contributed by atoms with Crippen LogP contribution < -0.4 is 16.1 Å². The normalized spacial score (nSPS) is 25.4. The standard InChI is InChI=1S/C26H37N6O8PS/c1-16-19-21(31-24(27)30-16)32(15-28-19)22-26(4,36)20(34)18(40-22)13-39-41(37,29-12-17-8-6-5-7-9-17)38-10-11-42-23(35)25(2,3)14-33/h5-9,15,18,20,22,33-34,36H,1,10-14H2,2-4H3,(H,29,37)(H3,27,30,31)/t18-,20-,22-,26-,41-/m1/s1. The van der Waals surface area contributed by atoms with Crippen molar-refractivity contribution in [3.63, 3.8) is 0 Å². The zero-order chi connectivity index (χ0) is 30.7. The predicted octanol–water partition coefficient (Wildman–Crippen LogP) is 1.62. The van der Waals surface area contributed by atoms with Crippen LogP contribution >= 0.6 is 19.5 Å². The fourth-order valence-electron chi connectivity index (χ4n) is 4.22. The van der Waals surface area contributed by atoms with Crippen LogP contribution in [0.15, 0.2) is 48.2 Å². The number of carbonyl (C=O) groups excluding carboxylic acids is 1. The summed E-state index contributed by atoms with van der Waals surface area (Å²) in [7, 11) is -4.00. The molecule has 5 atom stereocenters. The Morgan fingerprint density at radius 3 is 2.76 bits per heavy atom. The Hall–Kier alpha value is -2.59. The smallest absolute Gasteiger partial charge is 0.395 e. The second-order valence-electron chi connectivity index (χ2n) is 10.7. The maximum atomic E-state index is 13.7. The molecule has 2 aromatic rings. The van der Waals surface area contributed by atoms with Crippen LogP contribution in [0.3, 0.4) is 0 Å². The number of guanidine groups is 1. The topological polar surface area (TPSA) is 203 Å². The van der Waals surface area contributed by atoms with E-state index in [0.717, 1.165) is 17.3 Å². The van der Waals surface area contributed by atoms with Crippen LogP contribution in [0.25, 0.3) is 5.70 Å². The van der Waals surface area contributed by atoms with E-state index in [9.17, 15) is 24.7 Å². The van der Waals surface area contributed by atoms with Crippen molar-refractivity contribution in [3.8, 4) is 0 Å². The second kappa shape index (κ2) is 13.0. The molecular weight excluding hydrogens is 587 g/mol. The summed E-state index contributed by atoms with van der Waals surface area (Å²) in [5.41, 5.74) is 4.72. The third-order valence-corrected chi connectivity index (χ3v) is 9.56. The number of hydrogen-bond acceptors (Lipinski definition) is 13. The molecule has 0 radical (unpaired) electrons. The first kappa shape index (κ1) is 32.3. The minimum Gasteiger partial charge on any atom is -0.395 e. The van der Waals surface area contributed by atoms with Gasteiger partial charge >= 0.3 is 7.75 Å². The number of carbonyl (C=O) groups is 1. The molecule has 0 aliphatic carbocycles. The van der Waals surface area contributed by atoms with Crippen molar-refractivity contribution >= 4 is 42.1 Å². The number of aliphatic hydroxyl groups is 3. The molecule has 4 rings (SSSR count). The number of aliphatic imine (C=N–C) groups is 1. The van der Waals surface area contributed by atoms with Crippen molar-refractivity contribution in [1.82, 2.24) is 20.0 Å². The first-order chi connectivity index (χ1) is 19.8. The lowest BCUT2D eigenvalue weighted by Gasteiger charge is -2.28. The van der Waals surface area contributed by atoms with Gasteiger partial charge in [0.1, 0.15) is 23.5 Å². The molecule has 16 heteroatoms. The van der Waals surface area contributed by atoms with E-state index < -0.39 is 43.8 Å². The largest absolute Gasteiger partial charge is 0.405 e. The average molecular weight is 625 g/mol. The Morgan fingerprint density at radius 1 is 1.36 bits per heavy atom. The van der Waals surface area contributed by atoms with Crippen LogP contribution in [0.2, 0.25) is 0 Å². The molecule has 0 spiro atoms. The number of thioether (sulfide) groups is 1. The molecule has 1 saturated heterocycles. The predicted molar refractivity (Wildman–Crippen MR) is 157 cm³/mol. The van der Waals surface area contributed by atoms with Gasteiger partial charge in [0.2, 0.25) is 0 Å². The lowest BCUT2D eigenvalue weighted by atomic mass is 9.96. The molecule has 230 valence electrons. The van der Waals surface area contributed by atoms with E-state index >= 15 is 0 Å². The highest BCUT2D eigenvalue weighted by atomic mass is 32.2. The minimum atomic E-state index is -4.00. The monoisotopic (exact) mass is 624 g/mol. The fourth-order valence-corrected chi connectivity index (χ4v) is 6.46. The number of nitrogens with one attached hydrogen (secondary N) is 2. The van der Waals surface area contributed by atoms with Crippen molar-refractivity contribution in [1.29, 1.82) is 0 Å². The van der Waals surface area contributed by atoms with Crippen molar-refractivity contribution in [3.05, 3.63) is 54.5 Å². The maximum absolute atomic E-state index is 13.7. The van der Waals surface area contributed by atoms with Gasteiger partial charge in [-0.25, -0.2) is 14.6 Å². The van der Waals surface area contributed by atoms with Crippen LogP contribution in [-0.4, -0.2) is 79.3 Å². The molecule has 0 amide bonds. The molecule has 14 nitrogen and oxygen atoms in total. The molecule has 1 fully saturated rings. The van der Waals surface area contributed by atoms with Gasteiger partial charge in [0.25, 0.3) is 0 Å². The zero-order valence-corrected chi connectivity index (χ0v) is 25.3. The van der Waals surface area contributed by atoms with E-state index in [4.69, 9.17) is 19.5 Å². The lowest BCUT2D eigenvalue weighted by Crippen LogP contribution is -2.44. The van der Waals surface area contributed by atoms with E-state index in [1.807, 2.05) is 30.3 Å². The first-order valence-electron chi connectivity index (χ1n) is 13.2. The zero-order valence-electron chi connectivity index (χ0n) is 23.6. The Balaban J connectivity index is 1.45. The van der Waals surface area contributed by atoms with Crippen LogP contribution in [0.1, 0.15) is 38.3 Å². The summed E-state index contributed by atoms with van der Waals surface area (Å²) in [5.74, 6) is 0.525. The van der Waals surface area contributed by atoms with Crippen LogP contribution in [0, 0.1) is 5.41 Å². The molecule has 42 heavy (non-hydrogen) atoms. The number of nitrogens with two attached hydrogens (primary N) is 1. The molecule has 2 aliphatic heterocycles. The third-order valence-electron chi connectivity index (χ3n) is 6.82. The number of benzene rings is 1. The van der Waals surface area contributed by atoms with Crippen molar-refractivity contribution in [2.45, 2.75) is 51.4 Å². The summed E-state index contributed by atoms with van der Waals surface area (Å²) in [4.78, 5) is 20.8. The molecule has 1 aromatic carbocycles. The first-order valence-corrected chi connectivity index (χ1v) is 15.7. The van der Waals surface area contributed by atoms with Crippen molar-refractivity contribution in [2.24, 2.45) is 16.1 Å². The number of aromatic nitrogens is 2. The van der Waals surface area contributed by atoms with E-state index in [1.54, 1.807) is 13.8 Å². The second-order valence-corrected chi connectivity index (χ2v) is 13.6. The summed E-state index contributed by atoms with van der Waals surface area (Å²) in [6.07, 6.45) is -2.33. The number of fused-ring (bicyclic) bond motifs is 1. The Morgan fingerprint density at radius 2 is 2.07 bits per heavy atom. The van der Waals surface area contributed by atoms with Gasteiger partial charge in [0.15, 0.2) is 23.1 Å². The molecule has 0 unspecified atom stereocenters. The average Bonchev–Trinajstić information content (AvgIpc) is 3.47. The number of aliphatic hydroxyl groups excluding tert-OH is 2.